The number of amides is 2. The van der Waals surface area contributed by atoms with Gasteiger partial charge in [0.25, 0.3) is 11.8 Å². The van der Waals surface area contributed by atoms with Crippen LogP contribution in [-0.4, -0.2) is 56.2 Å². The number of nitrogens with one attached hydrogen (secondary N) is 1. The van der Waals surface area contributed by atoms with E-state index in [-0.39, 0.29) is 11.8 Å². The first kappa shape index (κ1) is 20.7. The fraction of sp³-hybridized carbons (Fsp3) is 0.364. The molecule has 0 aromatic heterocycles. The molecule has 0 spiro atoms. The Balaban J connectivity index is 1.70. The maximum Gasteiger partial charge on any atom is 0.265 e. The van der Waals surface area contributed by atoms with Gasteiger partial charge in [-0.3, -0.25) is 9.59 Å². The van der Waals surface area contributed by atoms with Gasteiger partial charge in [0.15, 0.2) is 6.10 Å². The lowest BCUT2D eigenvalue weighted by Crippen LogP contribution is -2.41. The number of anilines is 1. The van der Waals surface area contributed by atoms with Gasteiger partial charge in [-0.05, 0) is 42.8 Å². The van der Waals surface area contributed by atoms with E-state index in [0.717, 1.165) is 0 Å². The number of ether oxygens (including phenoxy) is 3. The maximum atomic E-state index is 12.9. The molecule has 0 radical (unpaired) electrons. The monoisotopic (exact) mass is 398 g/mol. The van der Waals surface area contributed by atoms with Crippen molar-refractivity contribution >= 4 is 17.5 Å². The number of hydrogen-bond donors (Lipinski definition) is 1. The molecular formula is C22H26N2O5. The topological polar surface area (TPSA) is 77.1 Å². The fourth-order valence-electron chi connectivity index (χ4n) is 3.07. The summed E-state index contributed by atoms with van der Waals surface area (Å²) in [6.07, 6.45) is -0.202. The number of nitrogens with zero attached hydrogens (tertiary/aromatic N) is 1. The fourth-order valence-corrected chi connectivity index (χ4v) is 3.07. The Labute approximate surface area is 170 Å². The van der Waals surface area contributed by atoms with E-state index < -0.39 is 6.10 Å². The molecule has 1 heterocycles. The van der Waals surface area contributed by atoms with Crippen LogP contribution in [0.25, 0.3) is 0 Å². The van der Waals surface area contributed by atoms with Crippen LogP contribution in [0, 0.1) is 0 Å². The highest BCUT2D eigenvalue weighted by molar-refractivity contribution is 6.04. The molecule has 1 aliphatic heterocycles. The molecule has 1 atom stereocenters. The third-order valence-electron chi connectivity index (χ3n) is 4.71. The molecule has 1 N–H and O–H groups in total. The van der Waals surface area contributed by atoms with Crippen molar-refractivity contribution in [2.24, 2.45) is 0 Å². The molecule has 1 fully saturated rings. The van der Waals surface area contributed by atoms with Crippen molar-refractivity contribution in [1.29, 1.82) is 0 Å². The van der Waals surface area contributed by atoms with E-state index in [2.05, 4.69) is 5.32 Å². The van der Waals surface area contributed by atoms with Crippen LogP contribution in [0.4, 0.5) is 5.69 Å². The van der Waals surface area contributed by atoms with Crippen LogP contribution >= 0.6 is 0 Å². The van der Waals surface area contributed by atoms with Crippen molar-refractivity contribution in [3.8, 4) is 11.5 Å². The van der Waals surface area contributed by atoms with Crippen molar-refractivity contribution < 1.29 is 23.8 Å². The van der Waals surface area contributed by atoms with Crippen LogP contribution in [0.15, 0.2) is 48.5 Å². The van der Waals surface area contributed by atoms with Crippen LogP contribution < -0.4 is 14.8 Å². The summed E-state index contributed by atoms with van der Waals surface area (Å²) in [4.78, 5) is 27.4. The molecule has 0 bridgehead atoms. The van der Waals surface area contributed by atoms with Crippen molar-refractivity contribution in [2.45, 2.75) is 19.4 Å². The lowest BCUT2D eigenvalue weighted by atomic mass is 10.1. The number of benzene rings is 2. The first-order valence-corrected chi connectivity index (χ1v) is 9.70. The number of hydrogen-bond acceptors (Lipinski definition) is 5. The third kappa shape index (κ3) is 5.26. The molecule has 154 valence electrons. The number of rotatable bonds is 7. The second-order valence-electron chi connectivity index (χ2n) is 6.63. The summed E-state index contributed by atoms with van der Waals surface area (Å²) < 4.78 is 16.3. The van der Waals surface area contributed by atoms with Gasteiger partial charge in [0.1, 0.15) is 11.5 Å². The molecule has 1 unspecified atom stereocenters. The predicted molar refractivity (Wildman–Crippen MR) is 109 cm³/mol. The average molecular weight is 398 g/mol. The highest BCUT2D eigenvalue weighted by Crippen LogP contribution is 2.21. The Morgan fingerprint density at radius 2 is 1.72 bits per heavy atom. The van der Waals surface area contributed by atoms with Gasteiger partial charge in [-0.1, -0.05) is 19.1 Å². The van der Waals surface area contributed by atoms with Crippen LogP contribution in [0.1, 0.15) is 23.7 Å². The molecule has 3 rings (SSSR count). The second-order valence-corrected chi connectivity index (χ2v) is 6.63. The summed E-state index contributed by atoms with van der Waals surface area (Å²) >= 11 is 0. The largest absolute Gasteiger partial charge is 0.497 e. The minimum atomic E-state index is -0.685. The molecule has 2 amide bonds. The minimum Gasteiger partial charge on any atom is -0.497 e. The minimum absolute atomic E-state index is 0.117. The molecule has 7 nitrogen and oxygen atoms in total. The van der Waals surface area contributed by atoms with Crippen LogP contribution in [0.2, 0.25) is 0 Å². The zero-order valence-corrected chi connectivity index (χ0v) is 16.7. The smallest absolute Gasteiger partial charge is 0.265 e. The molecule has 29 heavy (non-hydrogen) atoms. The molecule has 2 aromatic rings. The number of para-hydroxylation sites is 1. The van der Waals surface area contributed by atoms with Gasteiger partial charge in [0.2, 0.25) is 0 Å². The summed E-state index contributed by atoms with van der Waals surface area (Å²) in [5, 5.41) is 2.86. The van der Waals surface area contributed by atoms with Crippen LogP contribution in [0.5, 0.6) is 11.5 Å². The Morgan fingerprint density at radius 3 is 2.38 bits per heavy atom. The van der Waals surface area contributed by atoms with Gasteiger partial charge in [0.05, 0.1) is 31.6 Å². The first-order chi connectivity index (χ1) is 14.1. The maximum absolute atomic E-state index is 12.9. The summed E-state index contributed by atoms with van der Waals surface area (Å²) in [5.74, 6) is 0.870. The molecule has 7 heteroatoms. The van der Waals surface area contributed by atoms with E-state index in [4.69, 9.17) is 14.2 Å². The summed E-state index contributed by atoms with van der Waals surface area (Å²) in [5.41, 5.74) is 0.938. The van der Waals surface area contributed by atoms with Crippen LogP contribution in [0.3, 0.4) is 0 Å². The van der Waals surface area contributed by atoms with E-state index in [0.29, 0.717) is 55.5 Å². The van der Waals surface area contributed by atoms with E-state index >= 15 is 0 Å². The van der Waals surface area contributed by atoms with E-state index in [9.17, 15) is 9.59 Å². The summed E-state index contributed by atoms with van der Waals surface area (Å²) in [6, 6.07) is 14.1. The first-order valence-electron chi connectivity index (χ1n) is 9.70. The lowest BCUT2D eigenvalue weighted by molar-refractivity contribution is -0.122. The molecule has 1 saturated heterocycles. The van der Waals surface area contributed by atoms with Crippen molar-refractivity contribution in [3.63, 3.8) is 0 Å². The molecule has 0 aliphatic carbocycles. The Hall–Kier alpha value is -3.06. The molecular weight excluding hydrogens is 372 g/mol. The number of carbonyl (C=O) groups is 2. The standard InChI is InChI=1S/C22H26N2O5/c1-3-20(29-17-10-8-16(27-2)9-11-17)21(25)23-19-7-5-4-6-18(19)22(26)24-12-14-28-15-13-24/h4-11,20H,3,12-15H2,1-2H3,(H,23,25). The van der Waals surface area contributed by atoms with Gasteiger partial charge >= 0.3 is 0 Å². The molecule has 0 saturated carbocycles. The number of morpholine rings is 1. The SMILES string of the molecule is CCC(Oc1ccc(OC)cc1)C(=O)Nc1ccccc1C(=O)N1CCOCC1. The molecule has 1 aliphatic rings. The summed E-state index contributed by atoms with van der Waals surface area (Å²) in [7, 11) is 1.59. The number of methoxy groups -OCH3 is 1. The quantitative estimate of drug-likeness (QED) is 0.776. The lowest BCUT2D eigenvalue weighted by Gasteiger charge is -2.27. The van der Waals surface area contributed by atoms with Crippen LogP contribution in [-0.2, 0) is 9.53 Å². The van der Waals surface area contributed by atoms with Gasteiger partial charge in [-0.25, -0.2) is 0 Å². The predicted octanol–water partition coefficient (Wildman–Crippen LogP) is 2.96. The van der Waals surface area contributed by atoms with Crippen molar-refractivity contribution in [1.82, 2.24) is 4.90 Å². The molecule has 2 aromatic carbocycles. The normalized spacial score (nSPS) is 14.8. The Bertz CT molecular complexity index is 831. The van der Waals surface area contributed by atoms with E-state index in [1.54, 1.807) is 60.5 Å². The van der Waals surface area contributed by atoms with Crippen molar-refractivity contribution in [3.05, 3.63) is 54.1 Å². The zero-order valence-electron chi connectivity index (χ0n) is 16.7. The zero-order chi connectivity index (χ0) is 20.6. The highest BCUT2D eigenvalue weighted by Gasteiger charge is 2.24. The van der Waals surface area contributed by atoms with Crippen molar-refractivity contribution in [2.75, 3.05) is 38.7 Å². The van der Waals surface area contributed by atoms with Gasteiger partial charge in [0, 0.05) is 13.1 Å². The van der Waals surface area contributed by atoms with E-state index in [1.165, 1.54) is 0 Å². The van der Waals surface area contributed by atoms with Gasteiger partial charge in [-0.15, -0.1) is 0 Å². The Kier molecular flexibility index (Phi) is 7.08. The third-order valence-corrected chi connectivity index (χ3v) is 4.71. The average Bonchev–Trinajstić information content (AvgIpc) is 2.78. The van der Waals surface area contributed by atoms with Gasteiger partial charge < -0.3 is 24.4 Å². The highest BCUT2D eigenvalue weighted by atomic mass is 16.5. The van der Waals surface area contributed by atoms with Gasteiger partial charge in [-0.2, -0.15) is 0 Å². The second kappa shape index (κ2) is 9.93. The Morgan fingerprint density at radius 1 is 1.07 bits per heavy atom. The summed E-state index contributed by atoms with van der Waals surface area (Å²) in [6.45, 7) is 4.00. The van der Waals surface area contributed by atoms with E-state index in [1.807, 2.05) is 6.92 Å². The number of carbonyl (C=O) groups excluding carboxylic acids is 2.